The lowest BCUT2D eigenvalue weighted by molar-refractivity contribution is 0.00578. The van der Waals surface area contributed by atoms with Gasteiger partial charge in [0.15, 0.2) is 0 Å². The number of carbonyl (C=O) groups is 1. The molecule has 0 aliphatic carbocycles. The van der Waals surface area contributed by atoms with E-state index in [9.17, 15) is 4.79 Å². The second-order valence-corrected chi connectivity index (χ2v) is 7.89. The van der Waals surface area contributed by atoms with Crippen molar-refractivity contribution in [3.05, 3.63) is 41.3 Å². The summed E-state index contributed by atoms with van der Waals surface area (Å²) in [7, 11) is 0.802. The van der Waals surface area contributed by atoms with Gasteiger partial charge < -0.3 is 14.0 Å². The van der Waals surface area contributed by atoms with Crippen molar-refractivity contribution in [1.29, 1.82) is 0 Å². The Morgan fingerprint density at radius 2 is 1.67 bits per heavy atom. The summed E-state index contributed by atoms with van der Waals surface area (Å²) in [6, 6.07) is 11.9. The van der Waals surface area contributed by atoms with Crippen LogP contribution in [0.3, 0.4) is 0 Å². The van der Waals surface area contributed by atoms with Crippen LogP contribution in [-0.2, 0) is 14.0 Å². The van der Waals surface area contributed by atoms with E-state index in [1.165, 1.54) is 18.4 Å². The number of hydrogen-bond donors (Lipinski definition) is 0. The summed E-state index contributed by atoms with van der Waals surface area (Å²) < 4.78 is 17.2. The summed E-state index contributed by atoms with van der Waals surface area (Å²) in [6.45, 7) is 7.98. The molecule has 1 fully saturated rings. The van der Waals surface area contributed by atoms with Crippen molar-refractivity contribution in [2.45, 2.75) is 38.9 Å². The molecule has 0 N–H and O–H groups in total. The minimum atomic E-state index is -0.585. The molecule has 2 aromatic rings. The van der Waals surface area contributed by atoms with E-state index in [-0.39, 0.29) is 5.97 Å². The molecule has 0 saturated carbocycles. The van der Waals surface area contributed by atoms with Crippen molar-refractivity contribution in [3.8, 4) is 10.4 Å². The Kier molecular flexibility index (Phi) is 4.32. The van der Waals surface area contributed by atoms with Gasteiger partial charge in [-0.2, -0.15) is 0 Å². The summed E-state index contributed by atoms with van der Waals surface area (Å²) in [4.78, 5) is 13.7. The third-order valence-electron chi connectivity index (χ3n) is 4.70. The molecule has 2 heterocycles. The van der Waals surface area contributed by atoms with E-state index >= 15 is 0 Å². The molecule has 0 atom stereocenters. The van der Waals surface area contributed by atoms with Gasteiger partial charge in [-0.05, 0) is 39.3 Å². The van der Waals surface area contributed by atoms with Crippen molar-refractivity contribution in [2.24, 2.45) is 0 Å². The smallest absolute Gasteiger partial charge is 0.465 e. The Bertz CT molecular complexity index is 736. The fraction of sp³-hybridized carbons (Fsp3) is 0.389. The van der Waals surface area contributed by atoms with E-state index in [1.54, 1.807) is 0 Å². The maximum atomic E-state index is 12.2. The number of thiophene rings is 1. The van der Waals surface area contributed by atoms with Gasteiger partial charge in [0.25, 0.3) is 0 Å². The maximum absolute atomic E-state index is 12.2. The van der Waals surface area contributed by atoms with Gasteiger partial charge in [0.05, 0.1) is 18.3 Å². The van der Waals surface area contributed by atoms with Crippen LogP contribution in [0.2, 0.25) is 0 Å². The van der Waals surface area contributed by atoms with Crippen LogP contribution in [0.1, 0.15) is 37.4 Å². The Morgan fingerprint density at radius 3 is 2.21 bits per heavy atom. The van der Waals surface area contributed by atoms with Gasteiger partial charge in [0, 0.05) is 10.3 Å². The number of esters is 1. The lowest BCUT2D eigenvalue weighted by Gasteiger charge is -2.32. The quantitative estimate of drug-likeness (QED) is 0.632. The molecule has 4 nitrogen and oxygen atoms in total. The predicted octanol–water partition coefficient (Wildman–Crippen LogP) is 3.50. The van der Waals surface area contributed by atoms with Gasteiger partial charge in [-0.3, -0.25) is 0 Å². The van der Waals surface area contributed by atoms with E-state index in [1.807, 2.05) is 64.1 Å². The first kappa shape index (κ1) is 17.2. The van der Waals surface area contributed by atoms with Gasteiger partial charge in [-0.1, -0.05) is 30.3 Å². The van der Waals surface area contributed by atoms with Crippen LogP contribution in [0.15, 0.2) is 36.4 Å². The SMILES string of the molecule is COC(=O)c1sc(-c2ccccc2)cc1B1OC(C)(C)C(C)(C)O1. The molecule has 3 rings (SSSR count). The Hall–Kier alpha value is -1.63. The molecule has 24 heavy (non-hydrogen) atoms. The molecule has 6 heteroatoms. The average Bonchev–Trinajstić information content (AvgIpc) is 3.07. The van der Waals surface area contributed by atoms with Crippen molar-refractivity contribution < 1.29 is 18.8 Å². The van der Waals surface area contributed by atoms with Gasteiger partial charge in [-0.25, -0.2) is 4.79 Å². The maximum Gasteiger partial charge on any atom is 0.496 e. The number of carbonyl (C=O) groups excluding carboxylic acids is 1. The first-order valence-electron chi connectivity index (χ1n) is 7.88. The van der Waals surface area contributed by atoms with Crippen LogP contribution in [0.4, 0.5) is 0 Å². The van der Waals surface area contributed by atoms with Crippen molar-refractivity contribution >= 4 is 29.9 Å². The molecule has 0 bridgehead atoms. The van der Waals surface area contributed by atoms with Crippen molar-refractivity contribution in [1.82, 2.24) is 0 Å². The Labute approximate surface area is 146 Å². The lowest BCUT2D eigenvalue weighted by atomic mass is 9.79. The minimum absolute atomic E-state index is 0.369. The molecule has 126 valence electrons. The van der Waals surface area contributed by atoms with Crippen LogP contribution in [-0.4, -0.2) is 31.4 Å². The molecule has 0 amide bonds. The normalized spacial score (nSPS) is 18.6. The molecular formula is C18H21BO4S. The molecule has 0 radical (unpaired) electrons. The van der Waals surface area contributed by atoms with E-state index in [2.05, 4.69) is 0 Å². The molecule has 1 saturated heterocycles. The van der Waals surface area contributed by atoms with E-state index in [4.69, 9.17) is 14.0 Å². The molecular weight excluding hydrogens is 323 g/mol. The summed E-state index contributed by atoms with van der Waals surface area (Å²) >= 11 is 1.40. The van der Waals surface area contributed by atoms with Crippen LogP contribution in [0.5, 0.6) is 0 Å². The van der Waals surface area contributed by atoms with Gasteiger partial charge >= 0.3 is 13.1 Å². The number of ether oxygens (including phenoxy) is 1. The van der Waals surface area contributed by atoms with Gasteiger partial charge in [0.1, 0.15) is 4.88 Å². The predicted molar refractivity (Wildman–Crippen MR) is 96.8 cm³/mol. The first-order valence-corrected chi connectivity index (χ1v) is 8.70. The zero-order chi connectivity index (χ0) is 17.5. The zero-order valence-corrected chi connectivity index (χ0v) is 15.4. The number of methoxy groups -OCH3 is 1. The fourth-order valence-electron chi connectivity index (χ4n) is 2.55. The van der Waals surface area contributed by atoms with Gasteiger partial charge in [-0.15, -0.1) is 11.3 Å². The highest BCUT2D eigenvalue weighted by atomic mass is 32.1. The molecule has 1 aromatic carbocycles. The number of rotatable bonds is 3. The summed E-state index contributed by atoms with van der Waals surface area (Å²) in [5.74, 6) is -0.369. The summed E-state index contributed by atoms with van der Waals surface area (Å²) in [5.41, 5.74) is 0.861. The third-order valence-corrected chi connectivity index (χ3v) is 5.88. The van der Waals surface area contributed by atoms with Crippen LogP contribution in [0.25, 0.3) is 10.4 Å². The van der Waals surface area contributed by atoms with E-state index < -0.39 is 18.3 Å². The Balaban J connectivity index is 2.04. The Morgan fingerprint density at radius 1 is 1.08 bits per heavy atom. The first-order chi connectivity index (χ1) is 11.2. The largest absolute Gasteiger partial charge is 0.496 e. The van der Waals surface area contributed by atoms with Crippen LogP contribution in [0, 0.1) is 0 Å². The average molecular weight is 344 g/mol. The van der Waals surface area contributed by atoms with Crippen LogP contribution >= 0.6 is 11.3 Å². The summed E-state index contributed by atoms with van der Waals surface area (Å²) in [6.07, 6.45) is 0. The lowest BCUT2D eigenvalue weighted by Crippen LogP contribution is -2.41. The standard InChI is InChI=1S/C18H21BO4S/c1-17(2)18(3,4)23-19(22-17)13-11-14(12-9-7-6-8-10-12)24-15(13)16(20)21-5/h6-11H,1-5H3. The minimum Gasteiger partial charge on any atom is -0.465 e. The zero-order valence-electron chi connectivity index (χ0n) is 14.6. The second-order valence-electron chi connectivity index (χ2n) is 6.84. The van der Waals surface area contributed by atoms with Gasteiger partial charge in [0.2, 0.25) is 0 Å². The molecule has 0 unspecified atom stereocenters. The third kappa shape index (κ3) is 2.90. The number of hydrogen-bond acceptors (Lipinski definition) is 5. The van der Waals surface area contributed by atoms with Crippen molar-refractivity contribution in [3.63, 3.8) is 0 Å². The molecule has 1 aromatic heterocycles. The monoisotopic (exact) mass is 344 g/mol. The highest BCUT2D eigenvalue weighted by Crippen LogP contribution is 2.38. The van der Waals surface area contributed by atoms with E-state index in [0.29, 0.717) is 4.88 Å². The molecule has 0 spiro atoms. The number of benzene rings is 1. The van der Waals surface area contributed by atoms with Crippen LogP contribution < -0.4 is 5.46 Å². The highest BCUT2D eigenvalue weighted by Gasteiger charge is 2.53. The summed E-state index contributed by atoms with van der Waals surface area (Å²) in [5, 5.41) is 0. The second kappa shape index (κ2) is 6.03. The van der Waals surface area contributed by atoms with Crippen molar-refractivity contribution in [2.75, 3.05) is 7.11 Å². The molecule has 1 aliphatic heterocycles. The van der Waals surface area contributed by atoms with E-state index in [0.717, 1.165) is 15.9 Å². The molecule has 1 aliphatic rings. The highest BCUT2D eigenvalue weighted by molar-refractivity contribution is 7.18. The topological polar surface area (TPSA) is 44.8 Å². The fourth-order valence-corrected chi connectivity index (χ4v) is 3.65.